The summed E-state index contributed by atoms with van der Waals surface area (Å²) in [6.07, 6.45) is 5.26. The third kappa shape index (κ3) is 4.01. The van der Waals surface area contributed by atoms with Crippen molar-refractivity contribution in [2.24, 2.45) is 5.92 Å². The number of rotatable bonds is 5. The van der Waals surface area contributed by atoms with E-state index in [0.717, 1.165) is 45.2 Å². The smallest absolute Gasteiger partial charge is 0.258 e. The Morgan fingerprint density at radius 1 is 1.08 bits per heavy atom. The summed E-state index contributed by atoms with van der Waals surface area (Å²) in [5, 5.41) is 18.9. The van der Waals surface area contributed by atoms with E-state index in [-0.39, 0.29) is 29.7 Å². The third-order valence-electron chi connectivity index (χ3n) is 5.63. The van der Waals surface area contributed by atoms with E-state index in [2.05, 4.69) is 0 Å². The summed E-state index contributed by atoms with van der Waals surface area (Å²) in [5.74, 6) is 0.303. The van der Waals surface area contributed by atoms with E-state index in [9.17, 15) is 14.7 Å². The molecule has 142 valence electrons. The quantitative estimate of drug-likeness (QED) is 0.842. The van der Waals surface area contributed by atoms with Crippen LogP contribution < -0.4 is 0 Å². The number of nitrogens with zero attached hydrogens (tertiary/aromatic N) is 2. The summed E-state index contributed by atoms with van der Waals surface area (Å²) in [6, 6.07) is 6.08. The molecule has 2 fully saturated rings. The zero-order valence-corrected chi connectivity index (χ0v) is 15.1. The summed E-state index contributed by atoms with van der Waals surface area (Å²) >= 11 is 0. The Bertz CT molecular complexity index is 640. The second-order valence-electron chi connectivity index (χ2n) is 7.31. The van der Waals surface area contributed by atoms with E-state index >= 15 is 0 Å². The molecule has 0 spiro atoms. The van der Waals surface area contributed by atoms with Crippen molar-refractivity contribution in [1.29, 1.82) is 0 Å². The third-order valence-corrected chi connectivity index (χ3v) is 5.63. The molecule has 1 unspecified atom stereocenters. The maximum atomic E-state index is 13.0. The summed E-state index contributed by atoms with van der Waals surface area (Å²) < 4.78 is 0. The summed E-state index contributed by atoms with van der Waals surface area (Å²) in [4.78, 5) is 29.3. The van der Waals surface area contributed by atoms with Gasteiger partial charge in [0.05, 0.1) is 5.56 Å². The maximum absolute atomic E-state index is 13.0. The molecule has 0 radical (unpaired) electrons. The molecule has 0 aliphatic carbocycles. The van der Waals surface area contributed by atoms with Gasteiger partial charge in [0.25, 0.3) is 5.91 Å². The van der Waals surface area contributed by atoms with Crippen molar-refractivity contribution >= 4 is 11.8 Å². The highest BCUT2D eigenvalue weighted by atomic mass is 16.3. The molecule has 0 saturated carbocycles. The number of aliphatic hydroxyl groups excluding tert-OH is 1. The lowest BCUT2D eigenvalue weighted by atomic mass is 9.92. The van der Waals surface area contributed by atoms with Crippen LogP contribution in [0.5, 0.6) is 5.75 Å². The van der Waals surface area contributed by atoms with Gasteiger partial charge in [-0.05, 0) is 56.6 Å². The molecule has 0 bridgehead atoms. The lowest BCUT2D eigenvalue weighted by molar-refractivity contribution is -0.136. The van der Waals surface area contributed by atoms with Gasteiger partial charge in [-0.1, -0.05) is 12.1 Å². The number of carbonyl (C=O) groups excluding carboxylic acids is 2. The van der Waals surface area contributed by atoms with Crippen LogP contribution in [0, 0.1) is 5.92 Å². The fourth-order valence-electron chi connectivity index (χ4n) is 4.11. The normalized spacial score (nSPS) is 21.2. The van der Waals surface area contributed by atoms with Crippen LogP contribution in [0.4, 0.5) is 0 Å². The average Bonchev–Trinajstić information content (AvgIpc) is 3.16. The first-order valence-electron chi connectivity index (χ1n) is 9.60. The molecule has 1 aromatic carbocycles. The number of hydrogen-bond donors (Lipinski definition) is 2. The molecule has 6 heteroatoms. The zero-order valence-electron chi connectivity index (χ0n) is 15.1. The highest BCUT2D eigenvalue weighted by Gasteiger charge is 2.38. The van der Waals surface area contributed by atoms with Crippen LogP contribution >= 0.6 is 0 Å². The molecule has 2 aliphatic heterocycles. The highest BCUT2D eigenvalue weighted by Crippen LogP contribution is 2.28. The van der Waals surface area contributed by atoms with Crippen LogP contribution in [-0.2, 0) is 4.79 Å². The van der Waals surface area contributed by atoms with Crippen LogP contribution in [-0.4, -0.2) is 64.1 Å². The average molecular weight is 360 g/mol. The standard InChI is InChI=1S/C20H28N2O4/c23-14-4-5-15-9-12-21(13-10-15)20(26)17-7-3-11-22(17)19(25)16-6-1-2-8-18(16)24/h1-2,6,8,15,17,23-24H,3-5,7,9-14H2. The zero-order chi connectivity index (χ0) is 18.5. The molecule has 1 atom stereocenters. The second kappa shape index (κ2) is 8.54. The van der Waals surface area contributed by atoms with Crippen molar-refractivity contribution in [1.82, 2.24) is 9.80 Å². The molecule has 2 N–H and O–H groups in total. The number of para-hydroxylation sites is 1. The maximum Gasteiger partial charge on any atom is 0.258 e. The van der Waals surface area contributed by atoms with E-state index in [0.29, 0.717) is 18.9 Å². The Morgan fingerprint density at radius 3 is 2.50 bits per heavy atom. The second-order valence-corrected chi connectivity index (χ2v) is 7.31. The lowest BCUT2D eigenvalue weighted by Crippen LogP contribution is -2.50. The van der Waals surface area contributed by atoms with Crippen molar-refractivity contribution in [3.05, 3.63) is 29.8 Å². The molecular formula is C20H28N2O4. The van der Waals surface area contributed by atoms with Crippen LogP contribution in [0.3, 0.4) is 0 Å². The van der Waals surface area contributed by atoms with E-state index in [1.807, 2.05) is 4.90 Å². The number of piperidine rings is 1. The first kappa shape index (κ1) is 18.7. The molecule has 6 nitrogen and oxygen atoms in total. The number of carbonyl (C=O) groups is 2. The molecule has 0 aromatic heterocycles. The summed E-state index contributed by atoms with van der Waals surface area (Å²) in [6.45, 7) is 2.23. The predicted molar refractivity (Wildman–Crippen MR) is 97.8 cm³/mol. The fourth-order valence-corrected chi connectivity index (χ4v) is 4.11. The number of likely N-dealkylation sites (tertiary alicyclic amines) is 2. The van der Waals surface area contributed by atoms with Gasteiger partial charge in [0.1, 0.15) is 11.8 Å². The van der Waals surface area contributed by atoms with Crippen LogP contribution in [0.2, 0.25) is 0 Å². The van der Waals surface area contributed by atoms with Gasteiger partial charge in [-0.2, -0.15) is 0 Å². The minimum absolute atomic E-state index is 0.0341. The molecule has 26 heavy (non-hydrogen) atoms. The number of benzene rings is 1. The molecule has 3 rings (SSSR count). The fraction of sp³-hybridized carbons (Fsp3) is 0.600. The number of phenols is 1. The van der Waals surface area contributed by atoms with Gasteiger partial charge in [-0.25, -0.2) is 0 Å². The minimum atomic E-state index is -0.420. The predicted octanol–water partition coefficient (Wildman–Crippen LogP) is 2.01. The Morgan fingerprint density at radius 2 is 1.81 bits per heavy atom. The Kier molecular flexibility index (Phi) is 6.14. The van der Waals surface area contributed by atoms with Gasteiger partial charge in [0, 0.05) is 26.2 Å². The Labute approximate surface area is 154 Å². The van der Waals surface area contributed by atoms with Crippen molar-refractivity contribution in [3.63, 3.8) is 0 Å². The van der Waals surface area contributed by atoms with Gasteiger partial charge >= 0.3 is 0 Å². The first-order chi connectivity index (χ1) is 12.6. The van der Waals surface area contributed by atoms with Crippen LogP contribution in [0.15, 0.2) is 24.3 Å². The largest absolute Gasteiger partial charge is 0.507 e. The molecule has 2 aliphatic rings. The van der Waals surface area contributed by atoms with Crippen LogP contribution in [0.25, 0.3) is 0 Å². The molecular weight excluding hydrogens is 332 g/mol. The minimum Gasteiger partial charge on any atom is -0.507 e. The highest BCUT2D eigenvalue weighted by molar-refractivity contribution is 5.99. The van der Waals surface area contributed by atoms with E-state index in [1.165, 1.54) is 6.07 Å². The van der Waals surface area contributed by atoms with Crippen molar-refractivity contribution in [3.8, 4) is 5.75 Å². The van der Waals surface area contributed by atoms with Crippen molar-refractivity contribution < 1.29 is 19.8 Å². The van der Waals surface area contributed by atoms with Gasteiger partial charge in [0.15, 0.2) is 0 Å². The van der Waals surface area contributed by atoms with E-state index in [4.69, 9.17) is 5.11 Å². The van der Waals surface area contributed by atoms with Crippen molar-refractivity contribution in [2.75, 3.05) is 26.2 Å². The topological polar surface area (TPSA) is 81.1 Å². The number of hydrogen-bond acceptors (Lipinski definition) is 4. The van der Waals surface area contributed by atoms with Gasteiger partial charge in [0.2, 0.25) is 5.91 Å². The molecule has 2 amide bonds. The van der Waals surface area contributed by atoms with Gasteiger partial charge in [-0.3, -0.25) is 9.59 Å². The Hall–Kier alpha value is -2.08. The molecule has 2 saturated heterocycles. The lowest BCUT2D eigenvalue weighted by Gasteiger charge is -2.35. The Balaban J connectivity index is 1.62. The number of aromatic hydroxyl groups is 1. The van der Waals surface area contributed by atoms with E-state index in [1.54, 1.807) is 23.1 Å². The summed E-state index contributed by atoms with van der Waals surface area (Å²) in [5.41, 5.74) is 0.259. The van der Waals surface area contributed by atoms with Gasteiger partial charge in [-0.15, -0.1) is 0 Å². The molecule has 2 heterocycles. The number of amides is 2. The first-order valence-corrected chi connectivity index (χ1v) is 9.60. The van der Waals surface area contributed by atoms with Crippen molar-refractivity contribution in [2.45, 2.75) is 44.6 Å². The van der Waals surface area contributed by atoms with Crippen LogP contribution in [0.1, 0.15) is 48.9 Å². The monoisotopic (exact) mass is 360 g/mol. The van der Waals surface area contributed by atoms with E-state index < -0.39 is 6.04 Å². The number of phenolic OH excluding ortho intramolecular Hbond substituents is 1. The molecule has 1 aromatic rings. The SMILES string of the molecule is O=C(C1CCCN1C(=O)c1ccccc1O)N1CCC(CCCO)CC1. The summed E-state index contributed by atoms with van der Waals surface area (Å²) in [7, 11) is 0. The number of aliphatic hydroxyl groups is 1. The van der Waals surface area contributed by atoms with Gasteiger partial charge < -0.3 is 20.0 Å².